The van der Waals surface area contributed by atoms with Crippen LogP contribution in [0.4, 0.5) is 14.5 Å². The average Bonchev–Trinajstić information content (AvgIpc) is 3.16. The van der Waals surface area contributed by atoms with Crippen LogP contribution in [-0.4, -0.2) is 77.6 Å². The SMILES string of the molecule is CON=C(C)c1ccc(Br)cc1F.CON=C(C)c1ccc(F)cc1Cl.CON=C(C)c1ccc(N2CCOCC2)cc1.CON=C(C)c1cccc(C)c1. The summed E-state index contributed by atoms with van der Waals surface area (Å²) >= 11 is 8.96. The molecule has 0 atom stereocenters. The molecule has 0 spiro atoms. The molecule has 296 valence electrons. The van der Waals surface area contributed by atoms with Gasteiger partial charge in [-0.1, -0.05) is 90.1 Å². The Balaban J connectivity index is 0.000000256. The molecule has 4 aromatic carbocycles. The lowest BCUT2D eigenvalue weighted by molar-refractivity contribution is 0.122. The molecule has 1 aliphatic rings. The summed E-state index contributed by atoms with van der Waals surface area (Å²) in [6, 6.07) is 25.5. The van der Waals surface area contributed by atoms with Crippen molar-refractivity contribution in [2.45, 2.75) is 34.6 Å². The van der Waals surface area contributed by atoms with Gasteiger partial charge < -0.3 is 29.0 Å². The Labute approximate surface area is 336 Å². The number of anilines is 1. The molecule has 1 saturated heterocycles. The fourth-order valence-electron chi connectivity index (χ4n) is 4.92. The number of nitrogens with zero attached hydrogens (tertiary/aromatic N) is 5. The normalized spacial score (nSPS) is 13.2. The molecule has 55 heavy (non-hydrogen) atoms. The zero-order valence-electron chi connectivity index (χ0n) is 32.7. The summed E-state index contributed by atoms with van der Waals surface area (Å²) in [6.07, 6.45) is 0. The van der Waals surface area contributed by atoms with Gasteiger partial charge in [0.05, 0.1) is 41.1 Å². The van der Waals surface area contributed by atoms with Gasteiger partial charge in [0.2, 0.25) is 0 Å². The number of morpholine rings is 1. The first-order chi connectivity index (χ1) is 26.3. The van der Waals surface area contributed by atoms with Crippen LogP contribution in [0.1, 0.15) is 55.5 Å². The number of oxime groups is 4. The van der Waals surface area contributed by atoms with Crippen molar-refractivity contribution in [3.05, 3.63) is 134 Å². The van der Waals surface area contributed by atoms with Gasteiger partial charge in [0.15, 0.2) is 0 Å². The minimum absolute atomic E-state index is 0.312. The summed E-state index contributed by atoms with van der Waals surface area (Å²) in [7, 11) is 5.99. The fourth-order valence-corrected chi connectivity index (χ4v) is 5.56. The molecular weight excluding hydrogens is 796 g/mol. The van der Waals surface area contributed by atoms with E-state index in [-0.39, 0.29) is 11.6 Å². The standard InChI is InChI=1S/C13H18N2O2.C10H13NO.C9H9BrFNO.C9H9ClFNO/c1-11(14-16-2)12-3-5-13(6-4-12)15-7-9-17-10-8-15;1-8-5-4-6-10(7-8)9(2)11-12-3;1-6(12-13-2)8-4-3-7(10)5-9(8)11;1-6(12-13-2)8-4-3-7(11)5-9(8)10/h3-6H,7-10H2,1-2H3;4-7H,1-3H3;2*3-5H,1-2H3. The summed E-state index contributed by atoms with van der Waals surface area (Å²) in [5, 5.41) is 15.4. The van der Waals surface area contributed by atoms with Crippen molar-refractivity contribution in [3.8, 4) is 0 Å². The number of aryl methyl sites for hydroxylation is 1. The molecular formula is C41H49BrClF2N5O5. The van der Waals surface area contributed by atoms with E-state index < -0.39 is 0 Å². The molecule has 0 aromatic heterocycles. The minimum Gasteiger partial charge on any atom is -0.399 e. The second-order valence-corrected chi connectivity index (χ2v) is 13.0. The van der Waals surface area contributed by atoms with E-state index in [0.717, 1.165) is 48.9 Å². The van der Waals surface area contributed by atoms with Gasteiger partial charge in [0.1, 0.15) is 40.1 Å². The first-order valence-electron chi connectivity index (χ1n) is 17.1. The maximum Gasteiger partial charge on any atom is 0.133 e. The summed E-state index contributed by atoms with van der Waals surface area (Å²) in [5.74, 6) is -0.674. The zero-order chi connectivity index (χ0) is 40.8. The monoisotopic (exact) mass is 843 g/mol. The summed E-state index contributed by atoms with van der Waals surface area (Å²) in [5.41, 5.74) is 8.72. The van der Waals surface area contributed by atoms with Crippen LogP contribution in [0.5, 0.6) is 0 Å². The molecule has 1 heterocycles. The number of halogens is 4. The third kappa shape index (κ3) is 16.6. The molecule has 5 rings (SSSR count). The highest BCUT2D eigenvalue weighted by Crippen LogP contribution is 2.19. The highest BCUT2D eigenvalue weighted by molar-refractivity contribution is 9.10. The summed E-state index contributed by atoms with van der Waals surface area (Å²) in [4.78, 5) is 20.9. The first kappa shape index (κ1) is 46.3. The number of benzene rings is 4. The lowest BCUT2D eigenvalue weighted by Crippen LogP contribution is -2.36. The Morgan fingerprint density at radius 3 is 1.71 bits per heavy atom. The number of ether oxygens (including phenoxy) is 1. The van der Waals surface area contributed by atoms with Crippen molar-refractivity contribution in [1.29, 1.82) is 0 Å². The van der Waals surface area contributed by atoms with Crippen LogP contribution in [0.25, 0.3) is 0 Å². The predicted octanol–water partition coefficient (Wildman–Crippen LogP) is 10.1. The van der Waals surface area contributed by atoms with Crippen molar-refractivity contribution < 1.29 is 32.9 Å². The molecule has 0 amide bonds. The Kier molecular flexibility index (Phi) is 21.3. The number of rotatable bonds is 9. The quantitative estimate of drug-likeness (QED) is 0.123. The van der Waals surface area contributed by atoms with Crippen LogP contribution in [0.2, 0.25) is 5.02 Å². The molecule has 0 N–H and O–H groups in total. The molecule has 0 saturated carbocycles. The Hall–Kier alpha value is -4.85. The number of hydrogen-bond acceptors (Lipinski definition) is 10. The highest BCUT2D eigenvalue weighted by atomic mass is 79.9. The highest BCUT2D eigenvalue weighted by Gasteiger charge is 2.11. The van der Waals surface area contributed by atoms with E-state index in [1.54, 1.807) is 46.3 Å². The van der Waals surface area contributed by atoms with Gasteiger partial charge in [-0.2, -0.15) is 0 Å². The molecule has 0 radical (unpaired) electrons. The molecule has 1 aliphatic heterocycles. The fraction of sp³-hybridized carbons (Fsp3) is 0.317. The third-order valence-corrected chi connectivity index (χ3v) is 8.46. The van der Waals surface area contributed by atoms with Gasteiger partial charge in [0.25, 0.3) is 0 Å². The van der Waals surface area contributed by atoms with Gasteiger partial charge >= 0.3 is 0 Å². The minimum atomic E-state index is -0.362. The van der Waals surface area contributed by atoms with Gasteiger partial charge in [-0.15, -0.1) is 0 Å². The maximum atomic E-state index is 13.3. The Morgan fingerprint density at radius 2 is 1.18 bits per heavy atom. The molecule has 0 bridgehead atoms. The average molecular weight is 845 g/mol. The van der Waals surface area contributed by atoms with E-state index >= 15 is 0 Å². The van der Waals surface area contributed by atoms with E-state index in [1.165, 1.54) is 43.7 Å². The van der Waals surface area contributed by atoms with Crippen LogP contribution >= 0.6 is 27.5 Å². The molecule has 0 aliphatic carbocycles. The first-order valence-corrected chi connectivity index (χ1v) is 18.2. The van der Waals surface area contributed by atoms with Gasteiger partial charge in [-0.05, 0) is 94.3 Å². The van der Waals surface area contributed by atoms with Crippen LogP contribution in [0.15, 0.2) is 110 Å². The van der Waals surface area contributed by atoms with Crippen molar-refractivity contribution in [2.75, 3.05) is 59.6 Å². The Bertz CT molecular complexity index is 1840. The second kappa shape index (κ2) is 25.3. The lowest BCUT2D eigenvalue weighted by Gasteiger charge is -2.28. The Morgan fingerprint density at radius 1 is 0.655 bits per heavy atom. The van der Waals surface area contributed by atoms with Crippen molar-refractivity contribution >= 4 is 56.1 Å². The van der Waals surface area contributed by atoms with E-state index in [1.807, 2.05) is 26.0 Å². The van der Waals surface area contributed by atoms with Crippen LogP contribution < -0.4 is 4.90 Å². The largest absolute Gasteiger partial charge is 0.399 e. The molecule has 4 aromatic rings. The summed E-state index contributed by atoms with van der Waals surface area (Å²) < 4.78 is 31.9. The molecule has 10 nitrogen and oxygen atoms in total. The van der Waals surface area contributed by atoms with Crippen LogP contribution in [0.3, 0.4) is 0 Å². The molecule has 1 fully saturated rings. The number of hydrogen-bond donors (Lipinski definition) is 0. The van der Waals surface area contributed by atoms with Gasteiger partial charge in [0, 0.05) is 34.4 Å². The topological polar surface area (TPSA) is 98.8 Å². The van der Waals surface area contributed by atoms with E-state index in [9.17, 15) is 8.78 Å². The van der Waals surface area contributed by atoms with Crippen LogP contribution in [-0.2, 0) is 24.1 Å². The summed E-state index contributed by atoms with van der Waals surface area (Å²) in [6.45, 7) is 12.9. The van der Waals surface area contributed by atoms with Crippen molar-refractivity contribution in [2.24, 2.45) is 20.6 Å². The van der Waals surface area contributed by atoms with E-state index in [4.69, 9.17) is 21.2 Å². The third-order valence-electron chi connectivity index (χ3n) is 7.65. The van der Waals surface area contributed by atoms with Crippen LogP contribution in [0, 0.1) is 18.6 Å². The zero-order valence-corrected chi connectivity index (χ0v) is 35.0. The molecule has 14 heteroatoms. The smallest absolute Gasteiger partial charge is 0.133 e. The molecule has 0 unspecified atom stereocenters. The van der Waals surface area contributed by atoms with Crippen molar-refractivity contribution in [1.82, 2.24) is 0 Å². The van der Waals surface area contributed by atoms with Crippen molar-refractivity contribution in [3.63, 3.8) is 0 Å². The lowest BCUT2D eigenvalue weighted by atomic mass is 10.1. The van der Waals surface area contributed by atoms with E-state index in [2.05, 4.69) is 99.3 Å². The van der Waals surface area contributed by atoms with Gasteiger partial charge in [-0.3, -0.25) is 0 Å². The predicted molar refractivity (Wildman–Crippen MR) is 223 cm³/mol. The maximum absolute atomic E-state index is 13.3. The second-order valence-electron chi connectivity index (χ2n) is 11.7. The van der Waals surface area contributed by atoms with Gasteiger partial charge in [-0.25, -0.2) is 8.78 Å². The van der Waals surface area contributed by atoms with E-state index in [0.29, 0.717) is 32.0 Å².